The fraction of sp³-hybridized carbons (Fsp3) is 0.125. The van der Waals surface area contributed by atoms with E-state index < -0.39 is 0 Å². The van der Waals surface area contributed by atoms with Crippen LogP contribution >= 0.6 is 0 Å². The first-order valence-corrected chi connectivity index (χ1v) is 7.63. The number of aromatic nitrogens is 4. The summed E-state index contributed by atoms with van der Waals surface area (Å²) in [5.74, 6) is 2.01. The van der Waals surface area contributed by atoms with E-state index in [9.17, 15) is 0 Å². The first-order chi connectivity index (χ1) is 11.7. The summed E-state index contributed by atoms with van der Waals surface area (Å²) in [4.78, 5) is 13.3. The Bertz CT molecular complexity index is 924. The zero-order chi connectivity index (χ0) is 16.5. The summed E-state index contributed by atoms with van der Waals surface area (Å²) in [5, 5.41) is 17.9. The number of benzene rings is 2. The van der Waals surface area contributed by atoms with Gasteiger partial charge in [0.15, 0.2) is 22.1 Å². The normalized spacial score (nSPS) is 11.2. The van der Waals surface area contributed by atoms with Gasteiger partial charge in [0.1, 0.15) is 0 Å². The van der Waals surface area contributed by atoms with Crippen LogP contribution < -0.4 is 20.9 Å². The molecule has 0 aliphatic heterocycles. The van der Waals surface area contributed by atoms with E-state index in [1.165, 1.54) is 0 Å². The van der Waals surface area contributed by atoms with Crippen molar-refractivity contribution in [2.75, 3.05) is 11.0 Å². The minimum atomic E-state index is 0.640. The molecule has 2 aromatic carbocycles. The topological polar surface area (TPSA) is 124 Å². The molecule has 0 bridgehead atoms. The van der Waals surface area contributed by atoms with Gasteiger partial charge in [0.2, 0.25) is 0 Å². The van der Waals surface area contributed by atoms with E-state index in [0.29, 0.717) is 11.4 Å². The van der Waals surface area contributed by atoms with Crippen molar-refractivity contribution in [2.45, 2.75) is 12.8 Å². The van der Waals surface area contributed by atoms with E-state index in [0.717, 1.165) is 46.6 Å². The molecule has 2 aromatic heterocycles. The maximum atomic E-state index is 8.96. The maximum absolute atomic E-state index is 8.96. The summed E-state index contributed by atoms with van der Waals surface area (Å²) in [6, 6.07) is 11.1. The van der Waals surface area contributed by atoms with Crippen molar-refractivity contribution in [3.8, 4) is 0 Å². The van der Waals surface area contributed by atoms with E-state index in [-0.39, 0.29) is 0 Å². The Labute approximate surface area is 136 Å². The Kier molecular flexibility index (Phi) is 3.52. The lowest BCUT2D eigenvalue weighted by atomic mass is 10.3. The third-order valence-corrected chi connectivity index (χ3v) is 4.06. The number of anilines is 2. The van der Waals surface area contributed by atoms with Crippen molar-refractivity contribution in [1.29, 1.82) is 0 Å². The molecule has 0 saturated heterocycles. The highest BCUT2D eigenvalue weighted by atomic mass is 16.5. The van der Waals surface area contributed by atoms with Crippen molar-refractivity contribution in [3.63, 3.8) is 0 Å². The zero-order valence-corrected chi connectivity index (χ0v) is 12.8. The molecule has 2 heterocycles. The van der Waals surface area contributed by atoms with E-state index in [1.807, 2.05) is 24.3 Å². The average Bonchev–Trinajstić information content (AvgIpc) is 3.21. The largest absolute Gasteiger partial charge is 0.291 e. The molecule has 8 heteroatoms. The number of rotatable bonds is 5. The van der Waals surface area contributed by atoms with Crippen molar-refractivity contribution in [1.82, 2.24) is 9.97 Å². The van der Waals surface area contributed by atoms with Crippen LogP contribution in [0.1, 0.15) is 11.6 Å². The van der Waals surface area contributed by atoms with Crippen LogP contribution in [0.5, 0.6) is 0 Å². The van der Waals surface area contributed by atoms with Gasteiger partial charge in [0, 0.05) is 12.1 Å². The van der Waals surface area contributed by atoms with Crippen LogP contribution in [0.25, 0.3) is 22.1 Å². The van der Waals surface area contributed by atoms with Gasteiger partial charge in [-0.05, 0) is 24.3 Å². The summed E-state index contributed by atoms with van der Waals surface area (Å²) in [6.45, 7) is 0. The molecule has 0 fully saturated rings. The molecule has 0 radical (unpaired) electrons. The minimum Gasteiger partial charge on any atom is -0.291 e. The van der Waals surface area contributed by atoms with Gasteiger partial charge in [-0.15, -0.1) is 0 Å². The predicted octanol–water partition coefficient (Wildman–Crippen LogP) is 1.66. The lowest BCUT2D eigenvalue weighted by Gasteiger charge is -1.93. The van der Waals surface area contributed by atoms with E-state index in [1.54, 1.807) is 12.1 Å². The number of aromatic amines is 4. The number of H-pyrrole nitrogens is 4. The SMILES string of the molecule is ONc1ccc2[nH+]c(CCc3[nH]c4cc(NO)ccc4[nH+]3)[nH]c2c1. The molecule has 0 amide bonds. The van der Waals surface area contributed by atoms with Gasteiger partial charge in [-0.1, -0.05) is 0 Å². The third-order valence-electron chi connectivity index (χ3n) is 4.06. The minimum absolute atomic E-state index is 0.640. The number of hydrogen-bond donors (Lipinski definition) is 6. The Morgan fingerprint density at radius 2 is 1.21 bits per heavy atom. The summed E-state index contributed by atoms with van der Waals surface area (Å²) < 4.78 is 0. The Morgan fingerprint density at radius 3 is 1.62 bits per heavy atom. The molecule has 8 N–H and O–H groups in total. The molecule has 4 aromatic rings. The van der Waals surface area contributed by atoms with Crippen LogP contribution in [-0.2, 0) is 12.8 Å². The van der Waals surface area contributed by atoms with Crippen LogP contribution in [0, 0.1) is 0 Å². The van der Waals surface area contributed by atoms with Gasteiger partial charge < -0.3 is 0 Å². The molecule has 0 saturated carbocycles. The summed E-state index contributed by atoms with van der Waals surface area (Å²) >= 11 is 0. The number of fused-ring (bicyclic) bond motifs is 2. The van der Waals surface area contributed by atoms with E-state index in [2.05, 4.69) is 30.9 Å². The molecule has 0 unspecified atom stereocenters. The van der Waals surface area contributed by atoms with Gasteiger partial charge in [-0.25, -0.2) is 19.9 Å². The summed E-state index contributed by atoms with van der Waals surface area (Å²) in [5.41, 5.74) is 9.41. The Morgan fingerprint density at radius 1 is 0.750 bits per heavy atom. The van der Waals surface area contributed by atoms with Crippen molar-refractivity contribution >= 4 is 33.4 Å². The van der Waals surface area contributed by atoms with Gasteiger partial charge >= 0.3 is 0 Å². The van der Waals surface area contributed by atoms with Crippen LogP contribution in [-0.4, -0.2) is 20.4 Å². The molecule has 0 aliphatic carbocycles. The standard InChI is InChI=1S/C16H16N6O2/c23-21-9-1-3-11-13(7-9)19-15(17-11)5-6-16-18-12-4-2-10(22-24)8-14(12)20-16/h1-4,7-8,21-24H,5-6H2,(H,17,19)(H,18,20)/p+2. The van der Waals surface area contributed by atoms with Crippen LogP contribution in [0.15, 0.2) is 36.4 Å². The van der Waals surface area contributed by atoms with Gasteiger partial charge in [-0.2, -0.15) is 0 Å². The van der Waals surface area contributed by atoms with Gasteiger partial charge in [0.25, 0.3) is 11.6 Å². The van der Waals surface area contributed by atoms with E-state index in [4.69, 9.17) is 10.4 Å². The highest BCUT2D eigenvalue weighted by Crippen LogP contribution is 2.16. The van der Waals surface area contributed by atoms with Crippen molar-refractivity contribution < 1.29 is 20.4 Å². The fourth-order valence-corrected chi connectivity index (χ4v) is 2.87. The second kappa shape index (κ2) is 5.84. The molecule has 0 atom stereocenters. The Hall–Kier alpha value is -3.10. The Balaban J connectivity index is 1.53. The number of aryl methyl sites for hydroxylation is 2. The number of nitrogens with one attached hydrogen (secondary N) is 6. The first-order valence-electron chi connectivity index (χ1n) is 7.63. The van der Waals surface area contributed by atoms with Crippen LogP contribution in [0.2, 0.25) is 0 Å². The monoisotopic (exact) mass is 326 g/mol. The lowest BCUT2D eigenvalue weighted by Crippen LogP contribution is -2.13. The quantitative estimate of drug-likeness (QED) is 0.312. The second-order valence-corrected chi connectivity index (χ2v) is 5.70. The molecule has 4 rings (SSSR count). The zero-order valence-electron chi connectivity index (χ0n) is 12.8. The molecule has 0 spiro atoms. The number of imidazole rings is 2. The van der Waals surface area contributed by atoms with Crippen molar-refractivity contribution in [2.24, 2.45) is 0 Å². The second-order valence-electron chi connectivity index (χ2n) is 5.70. The molecular weight excluding hydrogens is 308 g/mol. The maximum Gasteiger partial charge on any atom is 0.253 e. The van der Waals surface area contributed by atoms with Gasteiger partial charge in [-0.3, -0.25) is 21.4 Å². The highest BCUT2D eigenvalue weighted by Gasteiger charge is 2.15. The van der Waals surface area contributed by atoms with E-state index >= 15 is 0 Å². The average molecular weight is 326 g/mol. The lowest BCUT2D eigenvalue weighted by molar-refractivity contribution is -0.366. The number of hydrogen-bond acceptors (Lipinski definition) is 4. The smallest absolute Gasteiger partial charge is 0.253 e. The third kappa shape index (κ3) is 2.64. The highest BCUT2D eigenvalue weighted by molar-refractivity contribution is 5.76. The van der Waals surface area contributed by atoms with Crippen LogP contribution in [0.4, 0.5) is 11.4 Å². The molecular formula is C16H18N6O2+2. The first kappa shape index (κ1) is 14.5. The van der Waals surface area contributed by atoms with Crippen molar-refractivity contribution in [3.05, 3.63) is 48.0 Å². The van der Waals surface area contributed by atoms with Gasteiger partial charge in [0.05, 0.1) is 24.2 Å². The van der Waals surface area contributed by atoms with Crippen LogP contribution in [0.3, 0.4) is 0 Å². The molecule has 8 nitrogen and oxygen atoms in total. The molecule has 122 valence electrons. The predicted molar refractivity (Wildman–Crippen MR) is 87.9 cm³/mol. The summed E-state index contributed by atoms with van der Waals surface area (Å²) in [6.07, 6.45) is 1.59. The molecule has 0 aliphatic rings. The molecule has 24 heavy (non-hydrogen) atoms. The fourth-order valence-electron chi connectivity index (χ4n) is 2.87. The summed E-state index contributed by atoms with van der Waals surface area (Å²) in [7, 11) is 0.